The van der Waals surface area contributed by atoms with Gasteiger partial charge in [-0.05, 0) is 77.0 Å². The highest BCUT2D eigenvalue weighted by Gasteiger charge is 2.24. The SMILES string of the molecule is CC/C=C\C/C=C\C/C=C\C/C=C\CCCCCCCCCCCCC(=O)OC(COC(=O)CCCCCCCCC/C=C\CCCCCCCCC)COP(=O)(O)OC. The Labute approximate surface area is 369 Å². The van der Waals surface area contributed by atoms with Crippen molar-refractivity contribution >= 4 is 19.8 Å². The summed E-state index contributed by atoms with van der Waals surface area (Å²) in [6.45, 7) is 3.79. The average molecular weight is 863 g/mol. The lowest BCUT2D eigenvalue weighted by molar-refractivity contribution is -0.161. The third-order valence-electron chi connectivity index (χ3n) is 10.5. The van der Waals surface area contributed by atoms with Gasteiger partial charge in [-0.3, -0.25) is 18.6 Å². The van der Waals surface area contributed by atoms with Crippen molar-refractivity contribution < 1.29 is 37.6 Å². The minimum absolute atomic E-state index is 0.230. The van der Waals surface area contributed by atoms with Crippen LogP contribution in [0.5, 0.6) is 0 Å². The summed E-state index contributed by atoms with van der Waals surface area (Å²) < 4.78 is 32.1. The number of hydrogen-bond acceptors (Lipinski definition) is 7. The van der Waals surface area contributed by atoms with Crippen LogP contribution in [0.4, 0.5) is 0 Å². The van der Waals surface area contributed by atoms with Crippen LogP contribution in [-0.2, 0) is 32.7 Å². The summed E-state index contributed by atoms with van der Waals surface area (Å²) in [6, 6.07) is 0. The highest BCUT2D eigenvalue weighted by atomic mass is 31.2. The topological polar surface area (TPSA) is 108 Å². The van der Waals surface area contributed by atoms with E-state index in [1.807, 2.05) is 0 Å². The first-order valence-corrected chi connectivity index (χ1v) is 26.0. The van der Waals surface area contributed by atoms with E-state index in [-0.39, 0.29) is 25.4 Å². The molecule has 0 saturated heterocycles. The van der Waals surface area contributed by atoms with Gasteiger partial charge < -0.3 is 14.4 Å². The fourth-order valence-electron chi connectivity index (χ4n) is 6.76. The maximum atomic E-state index is 12.6. The molecule has 0 rings (SSSR count). The lowest BCUT2D eigenvalue weighted by Gasteiger charge is -2.19. The summed E-state index contributed by atoms with van der Waals surface area (Å²) in [7, 11) is -3.21. The molecule has 0 fully saturated rings. The van der Waals surface area contributed by atoms with Gasteiger partial charge in [-0.1, -0.05) is 197 Å². The number of carbonyl (C=O) groups excluding carboxylic acids is 2. The van der Waals surface area contributed by atoms with Gasteiger partial charge in [0.2, 0.25) is 0 Å². The second-order valence-electron chi connectivity index (χ2n) is 16.2. The molecule has 0 bridgehead atoms. The van der Waals surface area contributed by atoms with Gasteiger partial charge in [0.1, 0.15) is 6.61 Å². The fraction of sp³-hybridized carbons (Fsp3) is 0.765. The number of unbranched alkanes of at least 4 members (excludes halogenated alkanes) is 24. The summed E-state index contributed by atoms with van der Waals surface area (Å²) in [4.78, 5) is 34.6. The summed E-state index contributed by atoms with van der Waals surface area (Å²) in [6.07, 6.45) is 58.5. The Balaban J connectivity index is 3.94. The quantitative estimate of drug-likeness (QED) is 0.0279. The second-order valence-corrected chi connectivity index (χ2v) is 17.8. The first kappa shape index (κ1) is 57.8. The van der Waals surface area contributed by atoms with Gasteiger partial charge in [0.25, 0.3) is 0 Å². The van der Waals surface area contributed by atoms with E-state index in [0.29, 0.717) is 6.42 Å². The van der Waals surface area contributed by atoms with Gasteiger partial charge in [-0.2, -0.15) is 0 Å². The maximum Gasteiger partial charge on any atom is 0.472 e. The van der Waals surface area contributed by atoms with Crippen molar-refractivity contribution in [1.29, 1.82) is 0 Å². The first-order chi connectivity index (χ1) is 29.3. The highest BCUT2D eigenvalue weighted by molar-refractivity contribution is 7.47. The zero-order valence-corrected chi connectivity index (χ0v) is 39.7. The number of phosphoric acid groups is 1. The van der Waals surface area contributed by atoms with Crippen molar-refractivity contribution in [2.45, 2.75) is 232 Å². The van der Waals surface area contributed by atoms with Crippen molar-refractivity contribution in [1.82, 2.24) is 0 Å². The number of ether oxygens (including phenoxy) is 2. The molecule has 2 unspecified atom stereocenters. The molecule has 0 aromatic rings. The summed E-state index contributed by atoms with van der Waals surface area (Å²) in [5.74, 6) is -0.810. The van der Waals surface area contributed by atoms with Crippen LogP contribution in [0.25, 0.3) is 0 Å². The Morgan fingerprint density at radius 1 is 0.483 bits per heavy atom. The third kappa shape index (κ3) is 45.3. The molecule has 0 heterocycles. The molecule has 0 aliphatic rings. The van der Waals surface area contributed by atoms with Crippen molar-refractivity contribution in [3.05, 3.63) is 60.8 Å². The predicted octanol–water partition coefficient (Wildman–Crippen LogP) is 15.9. The van der Waals surface area contributed by atoms with Crippen LogP contribution >= 0.6 is 7.82 Å². The molecule has 0 spiro atoms. The van der Waals surface area contributed by atoms with Crippen LogP contribution in [-0.4, -0.2) is 43.3 Å². The van der Waals surface area contributed by atoms with Crippen LogP contribution in [0.3, 0.4) is 0 Å². The Bertz CT molecular complexity index is 1160. The molecule has 60 heavy (non-hydrogen) atoms. The monoisotopic (exact) mass is 863 g/mol. The van der Waals surface area contributed by atoms with Gasteiger partial charge in [-0.25, -0.2) is 4.57 Å². The third-order valence-corrected chi connectivity index (χ3v) is 11.4. The molecule has 0 amide bonds. The molecule has 8 nitrogen and oxygen atoms in total. The predicted molar refractivity (Wildman–Crippen MR) is 253 cm³/mol. The molecule has 0 saturated carbocycles. The zero-order valence-electron chi connectivity index (χ0n) is 38.9. The number of carbonyl (C=O) groups is 2. The highest BCUT2D eigenvalue weighted by Crippen LogP contribution is 2.42. The van der Waals surface area contributed by atoms with Crippen molar-refractivity contribution in [3.8, 4) is 0 Å². The molecule has 0 aliphatic heterocycles. The molecule has 0 aromatic heterocycles. The van der Waals surface area contributed by atoms with Crippen LogP contribution < -0.4 is 0 Å². The minimum atomic E-state index is -4.27. The van der Waals surface area contributed by atoms with E-state index in [1.54, 1.807) is 0 Å². The van der Waals surface area contributed by atoms with E-state index in [9.17, 15) is 19.0 Å². The van der Waals surface area contributed by atoms with Gasteiger partial charge in [0.05, 0.1) is 6.61 Å². The Morgan fingerprint density at radius 3 is 1.28 bits per heavy atom. The van der Waals surface area contributed by atoms with Gasteiger partial charge in [0, 0.05) is 20.0 Å². The molecule has 2 atom stereocenters. The number of phosphoric ester groups is 1. The molecular weight excluding hydrogens is 772 g/mol. The summed E-state index contributed by atoms with van der Waals surface area (Å²) in [5, 5.41) is 0. The van der Waals surface area contributed by atoms with E-state index in [4.69, 9.17) is 14.0 Å². The molecule has 348 valence electrons. The minimum Gasteiger partial charge on any atom is -0.462 e. The van der Waals surface area contributed by atoms with Crippen molar-refractivity contribution in [2.24, 2.45) is 0 Å². The maximum absolute atomic E-state index is 12.6. The van der Waals surface area contributed by atoms with Crippen LogP contribution in [0.1, 0.15) is 226 Å². The van der Waals surface area contributed by atoms with E-state index >= 15 is 0 Å². The molecular formula is C51H91O8P. The Morgan fingerprint density at radius 2 is 0.850 bits per heavy atom. The number of hydrogen-bond donors (Lipinski definition) is 1. The van der Waals surface area contributed by atoms with E-state index < -0.39 is 26.5 Å². The van der Waals surface area contributed by atoms with Crippen LogP contribution in [0.2, 0.25) is 0 Å². The summed E-state index contributed by atoms with van der Waals surface area (Å²) >= 11 is 0. The second kappa shape index (κ2) is 46.3. The van der Waals surface area contributed by atoms with E-state index in [0.717, 1.165) is 77.7 Å². The molecule has 0 radical (unpaired) electrons. The van der Waals surface area contributed by atoms with Gasteiger partial charge in [0.15, 0.2) is 6.10 Å². The Hall–Kier alpha value is -2.25. The average Bonchev–Trinajstić information content (AvgIpc) is 3.24. The lowest BCUT2D eigenvalue weighted by Crippen LogP contribution is -2.29. The van der Waals surface area contributed by atoms with Crippen LogP contribution in [0, 0.1) is 0 Å². The molecule has 0 aromatic carbocycles. The first-order valence-electron chi connectivity index (χ1n) is 24.5. The normalized spacial score (nSPS) is 13.7. The van der Waals surface area contributed by atoms with Crippen molar-refractivity contribution in [2.75, 3.05) is 20.3 Å². The van der Waals surface area contributed by atoms with E-state index in [1.165, 1.54) is 122 Å². The fourth-order valence-corrected chi connectivity index (χ4v) is 7.22. The van der Waals surface area contributed by atoms with Crippen molar-refractivity contribution in [3.63, 3.8) is 0 Å². The molecule has 0 aliphatic carbocycles. The lowest BCUT2D eigenvalue weighted by atomic mass is 10.0. The number of rotatable bonds is 45. The van der Waals surface area contributed by atoms with E-state index in [2.05, 4.69) is 79.1 Å². The van der Waals surface area contributed by atoms with Gasteiger partial charge >= 0.3 is 19.8 Å². The van der Waals surface area contributed by atoms with Crippen LogP contribution in [0.15, 0.2) is 60.8 Å². The number of allylic oxidation sites excluding steroid dienone is 10. The molecule has 1 N–H and O–H groups in total. The smallest absolute Gasteiger partial charge is 0.462 e. The Kier molecular flexibility index (Phi) is 44.5. The largest absolute Gasteiger partial charge is 0.472 e. The summed E-state index contributed by atoms with van der Waals surface area (Å²) in [5.41, 5.74) is 0. The molecule has 9 heteroatoms. The van der Waals surface area contributed by atoms with Gasteiger partial charge in [-0.15, -0.1) is 0 Å². The standard InChI is InChI=1S/C51H91O8P/c1-4-6-8-10-12-14-16-18-20-22-24-25-26-27-28-30-32-34-36-38-40-42-44-46-51(53)59-49(48-58-60(54,55)56-3)47-57-50(52)45-43-41-39-37-35-33-31-29-23-21-19-17-15-13-11-9-7-5-2/h6,8,12,14,18,20-21,23-25,49H,4-5,7,9-11,13,15-17,19,22,26-48H2,1-3H3,(H,54,55)/b8-6-,14-12-,20-18-,23-21-,25-24-. The number of esters is 2. The zero-order chi connectivity index (χ0) is 43.9.